The molecule has 0 saturated carbocycles. The normalized spacial score (nSPS) is 10.3. The number of benzene rings is 2. The van der Waals surface area contributed by atoms with Crippen LogP contribution in [0, 0.1) is 15.9 Å². The van der Waals surface area contributed by atoms with E-state index in [1.807, 2.05) is 0 Å². The van der Waals surface area contributed by atoms with Gasteiger partial charge in [-0.1, -0.05) is 17.7 Å². The van der Waals surface area contributed by atoms with Crippen molar-refractivity contribution in [3.05, 3.63) is 67.4 Å². The first kappa shape index (κ1) is 14.7. The highest BCUT2D eigenvalue weighted by Gasteiger charge is 2.10. The molecule has 2 aromatic carbocycles. The summed E-state index contributed by atoms with van der Waals surface area (Å²) >= 11 is 8.98. The second kappa shape index (κ2) is 6.19. The van der Waals surface area contributed by atoms with Crippen LogP contribution in [0.25, 0.3) is 0 Å². The van der Waals surface area contributed by atoms with E-state index in [4.69, 9.17) is 16.3 Å². The van der Waals surface area contributed by atoms with Crippen LogP contribution in [0.5, 0.6) is 5.75 Å². The van der Waals surface area contributed by atoms with Gasteiger partial charge in [0.25, 0.3) is 5.69 Å². The predicted octanol–water partition coefficient (Wildman–Crippen LogP) is 4.73. The molecule has 0 aliphatic rings. The Hall–Kier alpha value is -1.66. The highest BCUT2D eigenvalue weighted by molar-refractivity contribution is 9.10. The summed E-state index contributed by atoms with van der Waals surface area (Å²) in [6.07, 6.45) is 0. The van der Waals surface area contributed by atoms with E-state index in [0.29, 0.717) is 10.2 Å². The van der Waals surface area contributed by atoms with Gasteiger partial charge in [-0.2, -0.15) is 0 Å². The van der Waals surface area contributed by atoms with Crippen LogP contribution in [0.2, 0.25) is 5.02 Å². The summed E-state index contributed by atoms with van der Waals surface area (Å²) in [6, 6.07) is 8.45. The fourth-order valence-corrected chi connectivity index (χ4v) is 2.17. The monoisotopic (exact) mass is 359 g/mol. The van der Waals surface area contributed by atoms with Crippen LogP contribution >= 0.6 is 27.5 Å². The predicted molar refractivity (Wildman–Crippen MR) is 76.5 cm³/mol. The van der Waals surface area contributed by atoms with Crippen LogP contribution < -0.4 is 4.74 Å². The SMILES string of the molecule is O=[N+]([O-])c1ccc(OCc2ccc(F)c(Br)c2)c(Cl)c1. The molecule has 20 heavy (non-hydrogen) atoms. The molecule has 0 fully saturated rings. The lowest BCUT2D eigenvalue weighted by molar-refractivity contribution is -0.384. The van der Waals surface area contributed by atoms with Crippen molar-refractivity contribution in [2.45, 2.75) is 6.61 Å². The summed E-state index contributed by atoms with van der Waals surface area (Å²) < 4.78 is 18.9. The highest BCUT2D eigenvalue weighted by Crippen LogP contribution is 2.29. The van der Waals surface area contributed by atoms with Gasteiger partial charge in [0.1, 0.15) is 18.2 Å². The van der Waals surface area contributed by atoms with Crippen LogP contribution in [-0.4, -0.2) is 4.92 Å². The molecule has 2 rings (SSSR count). The highest BCUT2D eigenvalue weighted by atomic mass is 79.9. The Morgan fingerprint density at radius 3 is 2.65 bits per heavy atom. The Balaban J connectivity index is 2.10. The molecule has 4 nitrogen and oxygen atoms in total. The minimum absolute atomic E-state index is 0.105. The summed E-state index contributed by atoms with van der Waals surface area (Å²) in [5.41, 5.74) is 0.638. The van der Waals surface area contributed by atoms with Gasteiger partial charge in [-0.3, -0.25) is 10.1 Å². The molecule has 0 amide bonds. The molecule has 0 aromatic heterocycles. The summed E-state index contributed by atoms with van der Waals surface area (Å²) in [7, 11) is 0. The summed E-state index contributed by atoms with van der Waals surface area (Å²) in [6.45, 7) is 0.177. The van der Waals surface area contributed by atoms with Crippen molar-refractivity contribution in [3.63, 3.8) is 0 Å². The van der Waals surface area contributed by atoms with Crippen LogP contribution in [-0.2, 0) is 6.61 Å². The van der Waals surface area contributed by atoms with Crippen molar-refractivity contribution in [3.8, 4) is 5.75 Å². The van der Waals surface area contributed by atoms with E-state index in [0.717, 1.165) is 5.56 Å². The number of nitrogens with zero attached hydrogens (tertiary/aromatic N) is 1. The van der Waals surface area contributed by atoms with Crippen molar-refractivity contribution in [2.24, 2.45) is 0 Å². The Labute approximate surface area is 127 Å². The maximum atomic E-state index is 13.1. The lowest BCUT2D eigenvalue weighted by Gasteiger charge is -2.08. The number of non-ortho nitro benzene ring substituents is 1. The van der Waals surface area contributed by atoms with E-state index in [9.17, 15) is 14.5 Å². The fraction of sp³-hybridized carbons (Fsp3) is 0.0769. The average Bonchev–Trinajstić information content (AvgIpc) is 2.41. The quantitative estimate of drug-likeness (QED) is 0.585. The summed E-state index contributed by atoms with van der Waals surface area (Å²) in [4.78, 5) is 10.0. The van der Waals surface area contributed by atoms with Gasteiger partial charge in [-0.25, -0.2) is 4.39 Å². The van der Waals surface area contributed by atoms with E-state index in [1.165, 1.54) is 24.3 Å². The first-order valence-corrected chi connectivity index (χ1v) is 6.65. The molecule has 0 spiro atoms. The third-order valence-corrected chi connectivity index (χ3v) is 3.41. The Bertz CT molecular complexity index is 666. The molecule has 0 heterocycles. The number of nitro benzene ring substituents is 1. The van der Waals surface area contributed by atoms with E-state index in [-0.39, 0.29) is 23.1 Å². The number of hydrogen-bond acceptors (Lipinski definition) is 3. The number of rotatable bonds is 4. The van der Waals surface area contributed by atoms with E-state index in [2.05, 4.69) is 15.9 Å². The first-order valence-electron chi connectivity index (χ1n) is 5.48. The van der Waals surface area contributed by atoms with Crippen molar-refractivity contribution < 1.29 is 14.1 Å². The van der Waals surface area contributed by atoms with Gasteiger partial charge in [0.05, 0.1) is 14.4 Å². The Morgan fingerprint density at radius 1 is 1.30 bits per heavy atom. The Kier molecular flexibility index (Phi) is 4.57. The lowest BCUT2D eigenvalue weighted by Crippen LogP contribution is -1.97. The van der Waals surface area contributed by atoms with Gasteiger partial charge < -0.3 is 4.74 Å². The van der Waals surface area contributed by atoms with Crippen LogP contribution in [0.1, 0.15) is 5.56 Å². The standard InChI is InChI=1S/C13H8BrClFNO3/c14-10-5-8(1-3-12(10)16)7-20-13-4-2-9(17(18)19)6-11(13)15/h1-6H,7H2. The zero-order valence-electron chi connectivity index (χ0n) is 9.98. The number of hydrogen-bond donors (Lipinski definition) is 0. The molecule has 2 aromatic rings. The number of nitro groups is 1. The molecular formula is C13H8BrClFNO3. The fourth-order valence-electron chi connectivity index (χ4n) is 1.51. The van der Waals surface area contributed by atoms with E-state index < -0.39 is 4.92 Å². The van der Waals surface area contributed by atoms with Crippen LogP contribution in [0.4, 0.5) is 10.1 Å². The molecule has 7 heteroatoms. The van der Waals surface area contributed by atoms with Gasteiger partial charge in [0, 0.05) is 12.1 Å². The van der Waals surface area contributed by atoms with Crippen molar-refractivity contribution in [1.29, 1.82) is 0 Å². The van der Waals surface area contributed by atoms with Crippen molar-refractivity contribution in [1.82, 2.24) is 0 Å². The van der Waals surface area contributed by atoms with E-state index in [1.54, 1.807) is 12.1 Å². The molecule has 0 N–H and O–H groups in total. The van der Waals surface area contributed by atoms with E-state index >= 15 is 0 Å². The molecule has 0 atom stereocenters. The third-order valence-electron chi connectivity index (χ3n) is 2.50. The zero-order valence-corrected chi connectivity index (χ0v) is 12.3. The van der Waals surface area contributed by atoms with Gasteiger partial charge in [-0.15, -0.1) is 0 Å². The molecule has 104 valence electrons. The molecule has 0 bridgehead atoms. The first-order chi connectivity index (χ1) is 9.47. The summed E-state index contributed by atoms with van der Waals surface area (Å²) in [5, 5.41) is 10.7. The maximum absolute atomic E-state index is 13.1. The molecule has 0 aliphatic carbocycles. The second-order valence-electron chi connectivity index (χ2n) is 3.91. The smallest absolute Gasteiger partial charge is 0.271 e. The van der Waals surface area contributed by atoms with Crippen molar-refractivity contribution >= 4 is 33.2 Å². The summed E-state index contributed by atoms with van der Waals surface area (Å²) in [5.74, 6) is -0.0279. The van der Waals surface area contributed by atoms with Crippen LogP contribution in [0.15, 0.2) is 40.9 Å². The molecule has 0 unspecified atom stereocenters. The number of ether oxygens (including phenoxy) is 1. The Morgan fingerprint density at radius 2 is 2.05 bits per heavy atom. The third kappa shape index (κ3) is 3.46. The molecule has 0 aliphatic heterocycles. The molecular weight excluding hydrogens is 353 g/mol. The van der Waals surface area contributed by atoms with Crippen molar-refractivity contribution in [2.75, 3.05) is 0 Å². The minimum Gasteiger partial charge on any atom is -0.487 e. The average molecular weight is 361 g/mol. The molecule has 0 saturated heterocycles. The van der Waals surface area contributed by atoms with Gasteiger partial charge in [-0.05, 0) is 39.7 Å². The number of halogens is 3. The topological polar surface area (TPSA) is 52.4 Å². The molecule has 0 radical (unpaired) electrons. The lowest BCUT2D eigenvalue weighted by atomic mass is 10.2. The maximum Gasteiger partial charge on any atom is 0.271 e. The van der Waals surface area contributed by atoms with Gasteiger partial charge in [0.2, 0.25) is 0 Å². The van der Waals surface area contributed by atoms with Gasteiger partial charge >= 0.3 is 0 Å². The van der Waals surface area contributed by atoms with Gasteiger partial charge in [0.15, 0.2) is 0 Å². The largest absolute Gasteiger partial charge is 0.487 e. The minimum atomic E-state index is -0.535. The second-order valence-corrected chi connectivity index (χ2v) is 5.17. The zero-order chi connectivity index (χ0) is 14.7. The van der Waals surface area contributed by atoms with Crippen LogP contribution in [0.3, 0.4) is 0 Å².